The molecule has 40 heavy (non-hydrogen) atoms. The molecule has 16 heteroatoms. The van der Waals surface area contributed by atoms with Crippen molar-refractivity contribution in [3.8, 4) is 17.3 Å². The predicted octanol–water partition coefficient (Wildman–Crippen LogP) is -0.573. The van der Waals surface area contributed by atoms with Gasteiger partial charge in [0.15, 0.2) is 23.7 Å². The lowest BCUT2D eigenvalue weighted by Crippen LogP contribution is -2.47. The van der Waals surface area contributed by atoms with Crippen molar-refractivity contribution in [2.75, 3.05) is 50.0 Å². The molecule has 6 rings (SSSR count). The number of benzene rings is 1. The molecule has 0 atom stereocenters. The van der Waals surface area contributed by atoms with Gasteiger partial charge in [-0.2, -0.15) is 9.50 Å². The SMILES string of the molecule is Bc1cc(F)c(N2CCN(CCn3c(=O)sc4c3nc(N)n3nc(-c5ccco5)nc43)CC2)cc1OCC(N)=O. The molecule has 206 valence electrons. The fourth-order valence-corrected chi connectivity index (χ4v) is 5.71. The number of rotatable bonds is 8. The third-order valence-electron chi connectivity index (χ3n) is 6.82. The standard InChI is InChI=1S/C24H25BFN9O4S/c25-13-10-14(26)15(11-17(13)39-12-18(27)36)33-6-3-32(4-7-33)5-8-34-21-19(40-24(34)37)22-29-20(16-2-1-9-38-16)31-35(22)23(28)30-21/h1-2,9-11H,3-8,12,25H2,(H2,27,36)(H2,28,30). The van der Waals surface area contributed by atoms with Gasteiger partial charge in [0.05, 0.1) is 12.0 Å². The fraction of sp³-hybridized carbons (Fsp3) is 0.292. The highest BCUT2D eigenvalue weighted by Gasteiger charge is 2.23. The van der Waals surface area contributed by atoms with Crippen LogP contribution in [0.15, 0.2) is 39.7 Å². The highest BCUT2D eigenvalue weighted by atomic mass is 32.1. The van der Waals surface area contributed by atoms with Crippen molar-refractivity contribution in [2.24, 2.45) is 5.73 Å². The van der Waals surface area contributed by atoms with Crippen LogP contribution in [0.5, 0.6) is 5.75 Å². The molecule has 0 bridgehead atoms. The molecule has 5 heterocycles. The lowest BCUT2D eigenvalue weighted by molar-refractivity contribution is -0.119. The van der Waals surface area contributed by atoms with Crippen molar-refractivity contribution in [2.45, 2.75) is 6.54 Å². The average molecular weight is 565 g/mol. The van der Waals surface area contributed by atoms with Gasteiger partial charge < -0.3 is 25.5 Å². The summed E-state index contributed by atoms with van der Waals surface area (Å²) < 4.78 is 29.2. The van der Waals surface area contributed by atoms with Crippen LogP contribution < -0.4 is 31.4 Å². The normalized spacial score (nSPS) is 14.4. The number of aromatic nitrogens is 5. The second-order valence-corrected chi connectivity index (χ2v) is 10.4. The predicted molar refractivity (Wildman–Crippen MR) is 150 cm³/mol. The number of ether oxygens (including phenoxy) is 1. The van der Waals surface area contributed by atoms with Gasteiger partial charge in [0.2, 0.25) is 11.8 Å². The van der Waals surface area contributed by atoms with Crippen LogP contribution in [0.25, 0.3) is 27.6 Å². The number of primary amides is 1. The Labute approximate surface area is 231 Å². The number of nitrogen functional groups attached to an aromatic ring is 1. The molecule has 0 spiro atoms. The van der Waals surface area contributed by atoms with Gasteiger partial charge in [-0.05, 0) is 23.7 Å². The van der Waals surface area contributed by atoms with Crippen molar-refractivity contribution in [3.05, 3.63) is 46.0 Å². The summed E-state index contributed by atoms with van der Waals surface area (Å²) >= 11 is 1.05. The van der Waals surface area contributed by atoms with Crippen LogP contribution in [0.1, 0.15) is 0 Å². The zero-order valence-corrected chi connectivity index (χ0v) is 22.4. The van der Waals surface area contributed by atoms with Crippen LogP contribution in [0.4, 0.5) is 16.0 Å². The molecular formula is C24H25BFN9O4S. The van der Waals surface area contributed by atoms with Crippen LogP contribution in [-0.2, 0) is 11.3 Å². The zero-order valence-electron chi connectivity index (χ0n) is 21.5. The summed E-state index contributed by atoms with van der Waals surface area (Å²) in [4.78, 5) is 37.0. The molecule has 1 aliphatic heterocycles. The van der Waals surface area contributed by atoms with Crippen LogP contribution in [0.3, 0.4) is 0 Å². The Morgan fingerprint density at radius 3 is 2.70 bits per heavy atom. The molecule has 1 fully saturated rings. The molecule has 4 aromatic heterocycles. The molecular weight excluding hydrogens is 540 g/mol. The Bertz CT molecular complexity index is 1780. The second-order valence-electron chi connectivity index (χ2n) is 9.44. The van der Waals surface area contributed by atoms with Crippen molar-refractivity contribution >= 4 is 58.2 Å². The maximum atomic E-state index is 14.8. The van der Waals surface area contributed by atoms with Gasteiger partial charge >= 0.3 is 4.87 Å². The minimum absolute atomic E-state index is 0.118. The number of amides is 1. The number of thiazole rings is 1. The molecule has 0 aliphatic carbocycles. The number of hydrogen-bond donors (Lipinski definition) is 2. The van der Waals surface area contributed by atoms with Crippen LogP contribution in [0.2, 0.25) is 0 Å². The lowest BCUT2D eigenvalue weighted by Gasteiger charge is -2.36. The molecule has 4 N–H and O–H groups in total. The minimum atomic E-state index is -0.598. The summed E-state index contributed by atoms with van der Waals surface area (Å²) in [5.41, 5.74) is 13.3. The number of piperazine rings is 1. The number of hydrogen-bond acceptors (Lipinski definition) is 11. The van der Waals surface area contributed by atoms with E-state index in [0.29, 0.717) is 83.7 Å². The Hall–Kier alpha value is -4.44. The summed E-state index contributed by atoms with van der Waals surface area (Å²) in [6, 6.07) is 6.49. The first-order chi connectivity index (χ1) is 19.3. The lowest BCUT2D eigenvalue weighted by atomic mass is 9.94. The van der Waals surface area contributed by atoms with Gasteiger partial charge in [-0.1, -0.05) is 11.3 Å². The van der Waals surface area contributed by atoms with Gasteiger partial charge in [-0.3, -0.25) is 19.1 Å². The van der Waals surface area contributed by atoms with E-state index in [0.717, 1.165) is 11.3 Å². The van der Waals surface area contributed by atoms with E-state index in [4.69, 9.17) is 20.6 Å². The van der Waals surface area contributed by atoms with E-state index in [1.807, 2.05) is 4.90 Å². The van der Waals surface area contributed by atoms with E-state index in [1.54, 1.807) is 30.6 Å². The van der Waals surface area contributed by atoms with Crippen molar-refractivity contribution < 1.29 is 18.3 Å². The van der Waals surface area contributed by atoms with Crippen molar-refractivity contribution in [3.63, 3.8) is 0 Å². The first-order valence-corrected chi connectivity index (χ1v) is 13.4. The van der Waals surface area contributed by atoms with E-state index in [2.05, 4.69) is 20.0 Å². The number of carbonyl (C=O) groups is 1. The first kappa shape index (κ1) is 25.8. The Morgan fingerprint density at radius 1 is 1.18 bits per heavy atom. The largest absolute Gasteiger partial charge is 0.484 e. The monoisotopic (exact) mass is 565 g/mol. The number of nitrogens with zero attached hydrogens (tertiary/aromatic N) is 7. The van der Waals surface area contributed by atoms with E-state index in [9.17, 15) is 14.0 Å². The molecule has 0 saturated carbocycles. The number of fused-ring (bicyclic) bond motifs is 3. The number of carbonyl (C=O) groups excluding carboxylic acids is 1. The summed E-state index contributed by atoms with van der Waals surface area (Å²) in [6.45, 7) is 3.22. The third kappa shape index (κ3) is 4.75. The van der Waals surface area contributed by atoms with E-state index < -0.39 is 5.91 Å². The van der Waals surface area contributed by atoms with Gasteiger partial charge in [0, 0.05) is 45.3 Å². The Morgan fingerprint density at radius 2 is 1.98 bits per heavy atom. The summed E-state index contributed by atoms with van der Waals surface area (Å²) in [5.74, 6) is 0.430. The first-order valence-electron chi connectivity index (χ1n) is 12.6. The van der Waals surface area contributed by atoms with Crippen molar-refractivity contribution in [1.82, 2.24) is 29.0 Å². The summed E-state index contributed by atoms with van der Waals surface area (Å²) in [5, 5.41) is 4.38. The Kier molecular flexibility index (Phi) is 6.63. The number of anilines is 2. The van der Waals surface area contributed by atoms with Gasteiger partial charge in [-0.25, -0.2) is 9.37 Å². The highest BCUT2D eigenvalue weighted by Crippen LogP contribution is 2.27. The summed E-state index contributed by atoms with van der Waals surface area (Å²) in [7, 11) is 1.71. The van der Waals surface area contributed by atoms with Crippen LogP contribution in [-0.4, -0.2) is 82.1 Å². The third-order valence-corrected chi connectivity index (χ3v) is 7.79. The number of halogens is 1. The van der Waals surface area contributed by atoms with E-state index in [-0.39, 0.29) is 23.2 Å². The molecule has 1 aromatic carbocycles. The van der Waals surface area contributed by atoms with Gasteiger partial charge in [0.1, 0.15) is 24.1 Å². The van der Waals surface area contributed by atoms with E-state index in [1.165, 1.54) is 16.8 Å². The molecule has 5 aromatic rings. The Balaban J connectivity index is 1.16. The minimum Gasteiger partial charge on any atom is -0.484 e. The zero-order chi connectivity index (χ0) is 28.0. The maximum absolute atomic E-state index is 14.8. The van der Waals surface area contributed by atoms with E-state index >= 15 is 0 Å². The fourth-order valence-electron chi connectivity index (χ4n) is 4.78. The second kappa shape index (κ2) is 10.3. The number of nitrogens with two attached hydrogens (primary N) is 2. The van der Waals surface area contributed by atoms with Crippen LogP contribution in [0, 0.1) is 5.82 Å². The molecule has 1 saturated heterocycles. The van der Waals surface area contributed by atoms with Gasteiger partial charge in [0.25, 0.3) is 5.91 Å². The molecule has 1 aliphatic rings. The molecule has 1 amide bonds. The van der Waals surface area contributed by atoms with Gasteiger partial charge in [-0.15, -0.1) is 5.10 Å². The summed E-state index contributed by atoms with van der Waals surface area (Å²) in [6.07, 6.45) is 1.53. The highest BCUT2D eigenvalue weighted by molar-refractivity contribution is 7.17. The van der Waals surface area contributed by atoms with Crippen molar-refractivity contribution in [1.29, 1.82) is 0 Å². The molecule has 13 nitrogen and oxygen atoms in total. The average Bonchev–Trinajstić information content (AvgIpc) is 3.67. The topological polar surface area (TPSA) is 163 Å². The quantitative estimate of drug-likeness (QED) is 0.233. The molecule has 0 radical (unpaired) electrons. The maximum Gasteiger partial charge on any atom is 0.309 e. The van der Waals surface area contributed by atoms with Crippen LogP contribution >= 0.6 is 11.3 Å². The molecule has 0 unspecified atom stereocenters. The number of furan rings is 1. The smallest absolute Gasteiger partial charge is 0.309 e.